The van der Waals surface area contributed by atoms with Gasteiger partial charge < -0.3 is 10.6 Å². The molecule has 0 bridgehead atoms. The Morgan fingerprint density at radius 3 is 2.61 bits per heavy atom. The predicted molar refractivity (Wildman–Crippen MR) is 137 cm³/mol. The standard InChI is InChI=1S/C22H29N7S.HI/c1-2-24-22(25-14-18-7-9-19(10-8-18)29-17-23-16-27-29)26-15-20(21-6-5-13-30-21)28-11-3-4-12-28;/h5-10,13,16-17,20H,2-4,11-12,14-15H2,1H3,(H2,24,25,26);1H. The van der Waals surface area contributed by atoms with Crippen LogP contribution in [0.4, 0.5) is 0 Å². The van der Waals surface area contributed by atoms with E-state index in [1.807, 2.05) is 23.5 Å². The summed E-state index contributed by atoms with van der Waals surface area (Å²) >= 11 is 1.84. The molecule has 0 aliphatic carbocycles. The fourth-order valence-corrected chi connectivity index (χ4v) is 4.61. The monoisotopic (exact) mass is 551 g/mol. The average Bonchev–Trinajstić information content (AvgIpc) is 3.56. The maximum atomic E-state index is 4.80. The smallest absolute Gasteiger partial charge is 0.191 e. The number of aromatic nitrogens is 3. The molecule has 7 nitrogen and oxygen atoms in total. The van der Waals surface area contributed by atoms with Gasteiger partial charge in [0.2, 0.25) is 0 Å². The van der Waals surface area contributed by atoms with Crippen LogP contribution in [0.2, 0.25) is 0 Å². The Bertz CT molecular complexity index is 904. The van der Waals surface area contributed by atoms with Crippen molar-refractivity contribution in [3.8, 4) is 5.69 Å². The molecule has 31 heavy (non-hydrogen) atoms. The molecule has 3 heterocycles. The Balaban J connectivity index is 0.00000272. The first-order chi connectivity index (χ1) is 14.8. The summed E-state index contributed by atoms with van der Waals surface area (Å²) in [5, 5.41) is 13.3. The van der Waals surface area contributed by atoms with Gasteiger partial charge in [0.1, 0.15) is 12.7 Å². The summed E-state index contributed by atoms with van der Waals surface area (Å²) in [5.41, 5.74) is 2.15. The van der Waals surface area contributed by atoms with E-state index >= 15 is 0 Å². The van der Waals surface area contributed by atoms with Crippen LogP contribution in [-0.2, 0) is 6.54 Å². The highest BCUT2D eigenvalue weighted by Crippen LogP contribution is 2.27. The second-order valence-corrected chi connectivity index (χ2v) is 8.34. The molecule has 3 aromatic rings. The summed E-state index contributed by atoms with van der Waals surface area (Å²) in [6.07, 6.45) is 5.82. The zero-order valence-electron chi connectivity index (χ0n) is 17.8. The lowest BCUT2D eigenvalue weighted by atomic mass is 10.2. The third-order valence-electron chi connectivity index (χ3n) is 5.30. The van der Waals surface area contributed by atoms with Crippen molar-refractivity contribution in [2.75, 3.05) is 26.2 Å². The van der Waals surface area contributed by atoms with Gasteiger partial charge in [-0.25, -0.2) is 14.7 Å². The first-order valence-corrected chi connectivity index (χ1v) is 11.4. The lowest BCUT2D eigenvalue weighted by Gasteiger charge is -2.27. The van der Waals surface area contributed by atoms with Gasteiger partial charge in [-0.3, -0.25) is 4.90 Å². The molecule has 1 fully saturated rings. The van der Waals surface area contributed by atoms with E-state index in [4.69, 9.17) is 4.99 Å². The van der Waals surface area contributed by atoms with Crippen molar-refractivity contribution in [3.63, 3.8) is 0 Å². The first kappa shape index (κ1) is 23.7. The quantitative estimate of drug-likeness (QED) is 0.253. The Labute approximate surface area is 205 Å². The van der Waals surface area contributed by atoms with Crippen LogP contribution in [0, 0.1) is 0 Å². The minimum atomic E-state index is 0. The third kappa shape index (κ3) is 6.50. The molecule has 1 aromatic carbocycles. The van der Waals surface area contributed by atoms with Crippen LogP contribution in [0.3, 0.4) is 0 Å². The average molecular weight is 552 g/mol. The van der Waals surface area contributed by atoms with Crippen LogP contribution < -0.4 is 10.6 Å². The van der Waals surface area contributed by atoms with E-state index in [-0.39, 0.29) is 24.0 Å². The van der Waals surface area contributed by atoms with E-state index in [1.165, 1.54) is 37.1 Å². The first-order valence-electron chi connectivity index (χ1n) is 10.6. The third-order valence-corrected chi connectivity index (χ3v) is 6.27. The second kappa shape index (κ2) is 12.2. The molecule has 0 spiro atoms. The van der Waals surface area contributed by atoms with Gasteiger partial charge in [0.15, 0.2) is 5.96 Å². The van der Waals surface area contributed by atoms with E-state index in [0.717, 1.165) is 30.3 Å². The summed E-state index contributed by atoms with van der Waals surface area (Å²) in [6, 6.07) is 13.0. The van der Waals surface area contributed by atoms with Crippen LogP contribution in [0.25, 0.3) is 5.69 Å². The van der Waals surface area contributed by atoms with Gasteiger partial charge in [0, 0.05) is 18.0 Å². The van der Waals surface area contributed by atoms with Crippen molar-refractivity contribution in [1.29, 1.82) is 0 Å². The van der Waals surface area contributed by atoms with Gasteiger partial charge in [0.05, 0.1) is 18.3 Å². The number of rotatable bonds is 8. The minimum absolute atomic E-state index is 0. The molecule has 9 heteroatoms. The van der Waals surface area contributed by atoms with Crippen molar-refractivity contribution in [1.82, 2.24) is 30.3 Å². The molecule has 4 rings (SSSR count). The van der Waals surface area contributed by atoms with Crippen LogP contribution >= 0.6 is 35.3 Å². The molecule has 1 aliphatic heterocycles. The van der Waals surface area contributed by atoms with E-state index in [1.54, 1.807) is 11.0 Å². The van der Waals surface area contributed by atoms with Gasteiger partial charge in [-0.15, -0.1) is 35.3 Å². The lowest BCUT2D eigenvalue weighted by Crippen LogP contribution is -2.42. The van der Waals surface area contributed by atoms with Crippen molar-refractivity contribution < 1.29 is 0 Å². The Hall–Kier alpha value is -1.98. The Morgan fingerprint density at radius 2 is 1.97 bits per heavy atom. The van der Waals surface area contributed by atoms with Crippen LogP contribution in [0.1, 0.15) is 36.2 Å². The van der Waals surface area contributed by atoms with E-state index in [9.17, 15) is 0 Å². The number of likely N-dealkylation sites (tertiary alicyclic amines) is 1. The number of guanidine groups is 1. The molecule has 0 amide bonds. The highest BCUT2D eigenvalue weighted by atomic mass is 127. The number of hydrogen-bond acceptors (Lipinski definition) is 5. The van der Waals surface area contributed by atoms with E-state index in [0.29, 0.717) is 12.6 Å². The topological polar surface area (TPSA) is 70.4 Å². The summed E-state index contributed by atoms with van der Waals surface area (Å²) in [6.45, 7) is 6.77. The van der Waals surface area contributed by atoms with Gasteiger partial charge in [0.25, 0.3) is 0 Å². The summed E-state index contributed by atoms with van der Waals surface area (Å²) in [4.78, 5) is 12.8. The zero-order chi connectivity index (χ0) is 20.6. The van der Waals surface area contributed by atoms with Crippen molar-refractivity contribution in [2.45, 2.75) is 32.4 Å². The van der Waals surface area contributed by atoms with Gasteiger partial charge in [-0.2, -0.15) is 5.10 Å². The Kier molecular flexibility index (Phi) is 9.29. The summed E-state index contributed by atoms with van der Waals surface area (Å²) in [5.74, 6) is 0.860. The largest absolute Gasteiger partial charge is 0.357 e. The van der Waals surface area contributed by atoms with Crippen molar-refractivity contribution in [2.24, 2.45) is 4.99 Å². The summed E-state index contributed by atoms with van der Waals surface area (Å²) < 4.78 is 1.75. The molecule has 166 valence electrons. The van der Waals surface area contributed by atoms with Crippen molar-refractivity contribution in [3.05, 3.63) is 64.9 Å². The SMILES string of the molecule is CCNC(=NCc1ccc(-n2cncn2)cc1)NCC(c1cccs1)N1CCCC1.I. The lowest BCUT2D eigenvalue weighted by molar-refractivity contribution is 0.249. The van der Waals surface area contributed by atoms with E-state index in [2.05, 4.69) is 62.2 Å². The number of benzene rings is 1. The number of thiophene rings is 1. The maximum Gasteiger partial charge on any atom is 0.191 e. The molecular weight excluding hydrogens is 521 g/mol. The molecule has 0 radical (unpaired) electrons. The van der Waals surface area contributed by atoms with Gasteiger partial charge in [-0.1, -0.05) is 18.2 Å². The number of halogens is 1. The van der Waals surface area contributed by atoms with Crippen LogP contribution in [0.5, 0.6) is 0 Å². The number of aliphatic imine (C=N–C) groups is 1. The molecule has 0 saturated carbocycles. The van der Waals surface area contributed by atoms with Gasteiger partial charge in [-0.05, 0) is 62.0 Å². The summed E-state index contributed by atoms with van der Waals surface area (Å²) in [7, 11) is 0. The number of nitrogens with one attached hydrogen (secondary N) is 2. The molecule has 1 atom stereocenters. The minimum Gasteiger partial charge on any atom is -0.357 e. The fourth-order valence-electron chi connectivity index (χ4n) is 3.74. The Morgan fingerprint density at radius 1 is 1.16 bits per heavy atom. The van der Waals surface area contributed by atoms with Crippen LogP contribution in [0.15, 0.2) is 59.4 Å². The van der Waals surface area contributed by atoms with Crippen LogP contribution in [-0.4, -0.2) is 51.8 Å². The molecule has 2 aromatic heterocycles. The molecular formula is C22H30IN7S. The molecule has 1 unspecified atom stereocenters. The normalized spacial score (nSPS) is 15.5. The molecule has 2 N–H and O–H groups in total. The number of hydrogen-bond donors (Lipinski definition) is 2. The number of nitrogens with zero attached hydrogens (tertiary/aromatic N) is 5. The van der Waals surface area contributed by atoms with E-state index < -0.39 is 0 Å². The molecule has 1 saturated heterocycles. The fraction of sp³-hybridized carbons (Fsp3) is 0.409. The van der Waals surface area contributed by atoms with Gasteiger partial charge >= 0.3 is 0 Å². The maximum absolute atomic E-state index is 4.80. The van der Waals surface area contributed by atoms with Crippen molar-refractivity contribution >= 4 is 41.3 Å². The second-order valence-electron chi connectivity index (χ2n) is 7.36. The highest BCUT2D eigenvalue weighted by molar-refractivity contribution is 14.0. The predicted octanol–water partition coefficient (Wildman–Crippen LogP) is 3.84. The highest BCUT2D eigenvalue weighted by Gasteiger charge is 2.24. The molecule has 1 aliphatic rings. The zero-order valence-corrected chi connectivity index (χ0v) is 20.9.